The van der Waals surface area contributed by atoms with Crippen LogP contribution in [0.1, 0.15) is 27.7 Å². The first kappa shape index (κ1) is 21.1. The van der Waals surface area contributed by atoms with Gasteiger partial charge in [-0.2, -0.15) is 0 Å². The molecule has 26 heavy (non-hydrogen) atoms. The zero-order valence-electron chi connectivity index (χ0n) is 15.5. The van der Waals surface area contributed by atoms with Crippen LogP contribution < -0.4 is 0 Å². The predicted molar refractivity (Wildman–Crippen MR) is 108 cm³/mol. The van der Waals surface area contributed by atoms with Crippen molar-refractivity contribution in [1.82, 2.24) is 0 Å². The van der Waals surface area contributed by atoms with Crippen molar-refractivity contribution in [1.29, 1.82) is 0 Å². The first-order valence-electron chi connectivity index (χ1n) is 8.69. The van der Waals surface area contributed by atoms with Gasteiger partial charge >= 0.3 is 37.9 Å². The van der Waals surface area contributed by atoms with Crippen LogP contribution in [0.25, 0.3) is 0 Å². The Morgan fingerprint density at radius 2 is 1.04 bits per heavy atom. The van der Waals surface area contributed by atoms with Crippen LogP contribution in [0.15, 0.2) is 48.6 Å². The molecule has 0 atom stereocenters. The van der Waals surface area contributed by atoms with Crippen LogP contribution in [-0.2, 0) is 20.8 Å². The van der Waals surface area contributed by atoms with Gasteiger partial charge in [0.15, 0.2) is 0 Å². The van der Waals surface area contributed by atoms with Crippen molar-refractivity contribution < 1.29 is 20.8 Å². The molecule has 0 N–H and O–H groups in total. The fourth-order valence-corrected chi connectivity index (χ4v) is 3.93. The van der Waals surface area contributed by atoms with Crippen molar-refractivity contribution in [2.24, 2.45) is 5.41 Å². The molecule has 0 saturated heterocycles. The Hall–Kier alpha value is 0.423. The molecule has 0 bridgehead atoms. The Balaban J connectivity index is 0.000000613. The minimum atomic E-state index is -0.826. The van der Waals surface area contributed by atoms with Crippen molar-refractivity contribution in [3.63, 3.8) is 0 Å². The summed E-state index contributed by atoms with van der Waals surface area (Å²) in [5, 5.41) is 0. The molecule has 0 aliphatic heterocycles. The number of hydrogen-bond acceptors (Lipinski definition) is 0. The van der Waals surface area contributed by atoms with Crippen molar-refractivity contribution in [3.8, 4) is 0 Å². The number of hydrogen-bond donors (Lipinski definition) is 0. The van der Waals surface area contributed by atoms with Gasteiger partial charge in [-0.05, 0) is 36.0 Å². The van der Waals surface area contributed by atoms with E-state index in [0.717, 1.165) is 0 Å². The second-order valence-corrected chi connectivity index (χ2v) is 11.0. The summed E-state index contributed by atoms with van der Waals surface area (Å²) >= 11 is -0.826. The standard InChI is InChI=1S/C23H22.2ClH.Zr/c1-15-13-17(14-16(15)2)23(3,4)22-20-11-7-5-9-18(20)19-10-6-8-12-21(19)22;;;/h5-14H,1-4H3;2*1H;/q;;;+4/p-2. The van der Waals surface area contributed by atoms with Crippen LogP contribution in [-0.4, -0.2) is 0 Å². The molecule has 2 fully saturated rings. The van der Waals surface area contributed by atoms with Crippen LogP contribution in [0, 0.1) is 65.6 Å². The van der Waals surface area contributed by atoms with Gasteiger partial charge < -0.3 is 0 Å². The molecule has 130 valence electrons. The fourth-order valence-electron chi connectivity index (χ4n) is 3.93. The SMILES string of the molecule is C[C]1[CH][C](C(C)(C)[C]2[C]3C=CC=C[C]3[C]3C=CC=C[C]32)[CH][C]1C.[Cl][Zr+2][Cl]. The fraction of sp³-hybridized carbons (Fsp3) is 0.217. The van der Waals surface area contributed by atoms with Crippen molar-refractivity contribution in [3.05, 3.63) is 109 Å². The number of fused-ring (bicyclic) bond motifs is 3. The maximum atomic E-state index is 4.93. The third-order valence-corrected chi connectivity index (χ3v) is 5.40. The molecular weight excluding hydrogens is 438 g/mol. The van der Waals surface area contributed by atoms with Crippen LogP contribution in [0.2, 0.25) is 0 Å². The van der Waals surface area contributed by atoms with Crippen LogP contribution >= 0.6 is 17.0 Å². The number of allylic oxidation sites excluding steroid dienone is 8. The number of halogens is 2. The Labute approximate surface area is 178 Å². The summed E-state index contributed by atoms with van der Waals surface area (Å²) in [7, 11) is 9.87. The minimum absolute atomic E-state index is 0.0122. The zero-order chi connectivity index (χ0) is 18.9. The normalized spacial score (nSPS) is 26.1. The molecule has 4 aliphatic carbocycles. The molecule has 10 radical (unpaired) electrons. The molecule has 0 aromatic rings. The summed E-state index contributed by atoms with van der Waals surface area (Å²) in [6.45, 7) is 9.12. The van der Waals surface area contributed by atoms with Gasteiger partial charge in [0.05, 0.1) is 0 Å². The predicted octanol–water partition coefficient (Wildman–Crippen LogP) is 6.71. The summed E-state index contributed by atoms with van der Waals surface area (Å²) in [6.07, 6.45) is 22.3. The van der Waals surface area contributed by atoms with Gasteiger partial charge in [-0.1, -0.05) is 76.3 Å². The molecule has 2 saturated carbocycles. The summed E-state index contributed by atoms with van der Waals surface area (Å²) in [5.41, 5.74) is -0.0122. The molecular formula is C23H22Cl2Zr+2. The van der Waals surface area contributed by atoms with Gasteiger partial charge in [0.1, 0.15) is 0 Å². The molecule has 0 heterocycles. The zero-order valence-corrected chi connectivity index (χ0v) is 19.5. The van der Waals surface area contributed by atoms with E-state index in [9.17, 15) is 0 Å². The van der Waals surface area contributed by atoms with E-state index < -0.39 is 20.8 Å². The van der Waals surface area contributed by atoms with Gasteiger partial charge in [0, 0.05) is 29.6 Å². The molecule has 3 heteroatoms. The van der Waals surface area contributed by atoms with Crippen molar-refractivity contribution >= 4 is 17.0 Å². The third kappa shape index (κ3) is 3.93. The molecule has 0 spiro atoms. The van der Waals surface area contributed by atoms with E-state index in [1.54, 1.807) is 0 Å². The van der Waals surface area contributed by atoms with E-state index >= 15 is 0 Å². The van der Waals surface area contributed by atoms with E-state index in [1.165, 1.54) is 47.3 Å². The summed E-state index contributed by atoms with van der Waals surface area (Å²) in [6, 6.07) is 0. The first-order valence-corrected chi connectivity index (χ1v) is 15.0. The van der Waals surface area contributed by atoms with Crippen LogP contribution in [0.3, 0.4) is 0 Å². The van der Waals surface area contributed by atoms with E-state index in [-0.39, 0.29) is 5.41 Å². The molecule has 0 aromatic carbocycles. The Kier molecular flexibility index (Phi) is 7.19. The van der Waals surface area contributed by atoms with Crippen LogP contribution in [0.4, 0.5) is 0 Å². The molecule has 0 nitrogen and oxygen atoms in total. The van der Waals surface area contributed by atoms with Gasteiger partial charge in [-0.15, -0.1) is 0 Å². The van der Waals surface area contributed by atoms with E-state index in [1.807, 2.05) is 0 Å². The third-order valence-electron chi connectivity index (χ3n) is 5.40. The Morgan fingerprint density at radius 1 is 0.692 bits per heavy atom. The first-order chi connectivity index (χ1) is 12.4. The molecule has 0 unspecified atom stereocenters. The maximum absolute atomic E-state index is 4.93. The van der Waals surface area contributed by atoms with Crippen LogP contribution in [0.5, 0.6) is 0 Å². The molecule has 0 amide bonds. The van der Waals surface area contributed by atoms with E-state index in [2.05, 4.69) is 89.1 Å². The monoisotopic (exact) mass is 458 g/mol. The van der Waals surface area contributed by atoms with Gasteiger partial charge in [-0.3, -0.25) is 0 Å². The van der Waals surface area contributed by atoms with Gasteiger partial charge in [0.2, 0.25) is 0 Å². The average molecular weight is 461 g/mol. The average Bonchev–Trinajstić information content (AvgIpc) is 3.14. The second-order valence-electron chi connectivity index (χ2n) is 7.27. The van der Waals surface area contributed by atoms with Crippen molar-refractivity contribution in [2.45, 2.75) is 27.7 Å². The summed E-state index contributed by atoms with van der Waals surface area (Å²) in [4.78, 5) is 0. The Bertz CT molecular complexity index is 559. The Morgan fingerprint density at radius 3 is 1.42 bits per heavy atom. The number of rotatable bonds is 2. The molecule has 4 rings (SSSR count). The molecule has 4 aliphatic rings. The summed E-state index contributed by atoms with van der Waals surface area (Å²) < 4.78 is 0. The second kappa shape index (κ2) is 8.84. The quantitative estimate of drug-likeness (QED) is 0.430. The van der Waals surface area contributed by atoms with Gasteiger partial charge in [-0.25, -0.2) is 0 Å². The van der Waals surface area contributed by atoms with E-state index in [0.29, 0.717) is 0 Å². The topological polar surface area (TPSA) is 0 Å². The summed E-state index contributed by atoms with van der Waals surface area (Å²) in [5.74, 6) is 11.1. The van der Waals surface area contributed by atoms with Gasteiger partial charge in [0.25, 0.3) is 0 Å². The van der Waals surface area contributed by atoms with Crippen molar-refractivity contribution in [2.75, 3.05) is 0 Å². The molecule has 0 aromatic heterocycles. The van der Waals surface area contributed by atoms with E-state index in [4.69, 9.17) is 17.0 Å².